The van der Waals surface area contributed by atoms with Crippen LogP contribution in [-0.4, -0.2) is 23.8 Å². The molecule has 4 rings (SSSR count). The van der Waals surface area contributed by atoms with E-state index < -0.39 is 0 Å². The lowest BCUT2D eigenvalue weighted by molar-refractivity contribution is 0.0921. The summed E-state index contributed by atoms with van der Waals surface area (Å²) in [5.41, 5.74) is 4.55. The average molecular weight is 376 g/mol. The van der Waals surface area contributed by atoms with Crippen molar-refractivity contribution in [1.82, 2.24) is 5.32 Å². The number of hydrogen-bond donors (Lipinski definition) is 1. The Labute approximate surface area is 164 Å². The average Bonchev–Trinajstić information content (AvgIpc) is 3.23. The maximum Gasteiger partial charge on any atom is 0.266 e. The molecule has 0 radical (unpaired) electrons. The SMILES string of the molecule is Cc1cc(C)c(N2C(=O)c3ccc(C(=O)NC4CCCC4)cc3C2=O)c(C)c1. The third kappa shape index (κ3) is 3.01. The second-order valence-electron chi connectivity index (χ2n) is 7.91. The van der Waals surface area contributed by atoms with E-state index in [1.54, 1.807) is 18.2 Å². The molecule has 5 heteroatoms. The number of hydrogen-bond acceptors (Lipinski definition) is 3. The summed E-state index contributed by atoms with van der Waals surface area (Å²) >= 11 is 0. The van der Waals surface area contributed by atoms with Crippen molar-refractivity contribution in [3.05, 3.63) is 63.7 Å². The number of carbonyl (C=O) groups is 3. The van der Waals surface area contributed by atoms with E-state index in [-0.39, 0.29) is 23.8 Å². The van der Waals surface area contributed by atoms with Gasteiger partial charge < -0.3 is 5.32 Å². The van der Waals surface area contributed by atoms with Gasteiger partial charge >= 0.3 is 0 Å². The molecule has 1 saturated carbocycles. The first kappa shape index (κ1) is 18.4. The number of fused-ring (bicyclic) bond motifs is 1. The van der Waals surface area contributed by atoms with Crippen LogP contribution in [0.1, 0.15) is 73.4 Å². The van der Waals surface area contributed by atoms with Crippen molar-refractivity contribution in [1.29, 1.82) is 0 Å². The van der Waals surface area contributed by atoms with Crippen molar-refractivity contribution in [2.75, 3.05) is 4.90 Å². The maximum atomic E-state index is 13.1. The van der Waals surface area contributed by atoms with Crippen molar-refractivity contribution in [2.24, 2.45) is 0 Å². The van der Waals surface area contributed by atoms with E-state index >= 15 is 0 Å². The molecule has 1 fully saturated rings. The Morgan fingerprint density at radius 1 is 0.929 bits per heavy atom. The molecule has 3 amide bonds. The third-order valence-corrected chi connectivity index (χ3v) is 5.70. The minimum atomic E-state index is -0.370. The fraction of sp³-hybridized carbons (Fsp3) is 0.348. The predicted octanol–water partition coefficient (Wildman–Crippen LogP) is 4.08. The highest BCUT2D eigenvalue weighted by atomic mass is 16.2. The molecule has 2 aliphatic rings. The van der Waals surface area contributed by atoms with Gasteiger partial charge in [0.05, 0.1) is 16.8 Å². The molecule has 144 valence electrons. The van der Waals surface area contributed by atoms with E-state index in [1.165, 1.54) is 4.90 Å². The monoisotopic (exact) mass is 376 g/mol. The summed E-state index contributed by atoms with van der Waals surface area (Å²) in [7, 11) is 0. The molecule has 1 N–H and O–H groups in total. The number of imide groups is 1. The first-order valence-corrected chi connectivity index (χ1v) is 9.78. The van der Waals surface area contributed by atoms with Gasteiger partial charge in [-0.2, -0.15) is 0 Å². The minimum absolute atomic E-state index is 0.184. The zero-order valence-electron chi connectivity index (χ0n) is 16.5. The van der Waals surface area contributed by atoms with Gasteiger partial charge in [-0.15, -0.1) is 0 Å². The number of carbonyl (C=O) groups excluding carboxylic acids is 3. The number of anilines is 1. The summed E-state index contributed by atoms with van der Waals surface area (Å²) in [6.45, 7) is 5.79. The molecule has 2 aromatic carbocycles. The topological polar surface area (TPSA) is 66.5 Å². The summed E-state index contributed by atoms with van der Waals surface area (Å²) in [5, 5.41) is 3.03. The Balaban J connectivity index is 1.67. The van der Waals surface area contributed by atoms with E-state index in [9.17, 15) is 14.4 Å². The zero-order valence-corrected chi connectivity index (χ0v) is 16.5. The van der Waals surface area contributed by atoms with Gasteiger partial charge in [-0.1, -0.05) is 30.5 Å². The summed E-state index contributed by atoms with van der Waals surface area (Å²) in [5.74, 6) is -0.889. The van der Waals surface area contributed by atoms with Gasteiger partial charge in [0.25, 0.3) is 17.7 Å². The van der Waals surface area contributed by atoms with E-state index in [0.29, 0.717) is 22.4 Å². The van der Waals surface area contributed by atoms with Crippen LogP contribution in [0.2, 0.25) is 0 Å². The fourth-order valence-corrected chi connectivity index (χ4v) is 4.45. The summed E-state index contributed by atoms with van der Waals surface area (Å²) in [6.07, 6.45) is 4.25. The van der Waals surface area contributed by atoms with Gasteiger partial charge in [0.15, 0.2) is 0 Å². The second kappa shape index (κ2) is 6.89. The Bertz CT molecular complexity index is 980. The lowest BCUT2D eigenvalue weighted by atomic mass is 10.0. The number of amides is 3. The van der Waals surface area contributed by atoms with Crippen LogP contribution in [0.3, 0.4) is 0 Å². The largest absolute Gasteiger partial charge is 0.349 e. The van der Waals surface area contributed by atoms with Crippen LogP contribution in [0, 0.1) is 20.8 Å². The Hall–Kier alpha value is -2.95. The zero-order chi connectivity index (χ0) is 20.0. The van der Waals surface area contributed by atoms with Crippen LogP contribution < -0.4 is 10.2 Å². The van der Waals surface area contributed by atoms with E-state index in [1.807, 2.05) is 32.9 Å². The van der Waals surface area contributed by atoms with Crippen LogP contribution in [0.25, 0.3) is 0 Å². The minimum Gasteiger partial charge on any atom is -0.349 e. The van der Waals surface area contributed by atoms with Crippen molar-refractivity contribution < 1.29 is 14.4 Å². The predicted molar refractivity (Wildman–Crippen MR) is 108 cm³/mol. The van der Waals surface area contributed by atoms with Gasteiger partial charge in [-0.3, -0.25) is 14.4 Å². The molecule has 1 aliphatic carbocycles. The second-order valence-corrected chi connectivity index (χ2v) is 7.91. The van der Waals surface area contributed by atoms with Crippen LogP contribution in [-0.2, 0) is 0 Å². The van der Waals surface area contributed by atoms with Crippen molar-refractivity contribution in [3.8, 4) is 0 Å². The van der Waals surface area contributed by atoms with Crippen LogP contribution in [0.4, 0.5) is 5.69 Å². The quantitative estimate of drug-likeness (QED) is 0.821. The molecular formula is C23H24N2O3. The van der Waals surface area contributed by atoms with Crippen molar-refractivity contribution >= 4 is 23.4 Å². The van der Waals surface area contributed by atoms with Gasteiger partial charge in [-0.25, -0.2) is 4.90 Å². The highest BCUT2D eigenvalue weighted by Gasteiger charge is 2.38. The van der Waals surface area contributed by atoms with E-state index in [4.69, 9.17) is 0 Å². The number of nitrogens with zero attached hydrogens (tertiary/aromatic N) is 1. The molecule has 0 aromatic heterocycles. The van der Waals surface area contributed by atoms with Gasteiger partial charge in [0.1, 0.15) is 0 Å². The van der Waals surface area contributed by atoms with Crippen LogP contribution >= 0.6 is 0 Å². The van der Waals surface area contributed by atoms with Crippen LogP contribution in [0.15, 0.2) is 30.3 Å². The molecule has 0 spiro atoms. The normalized spacial score (nSPS) is 16.6. The Morgan fingerprint density at radius 2 is 1.54 bits per heavy atom. The lowest BCUT2D eigenvalue weighted by Gasteiger charge is -2.20. The van der Waals surface area contributed by atoms with Crippen molar-refractivity contribution in [2.45, 2.75) is 52.5 Å². The molecule has 0 unspecified atom stereocenters. The smallest absolute Gasteiger partial charge is 0.266 e. The third-order valence-electron chi connectivity index (χ3n) is 5.70. The first-order chi connectivity index (χ1) is 13.4. The highest BCUT2D eigenvalue weighted by Crippen LogP contribution is 2.34. The maximum absolute atomic E-state index is 13.1. The molecule has 0 atom stereocenters. The summed E-state index contributed by atoms with van der Waals surface area (Å²) in [6, 6.07) is 8.91. The molecule has 1 aliphatic heterocycles. The first-order valence-electron chi connectivity index (χ1n) is 9.78. The van der Waals surface area contributed by atoms with Crippen molar-refractivity contribution in [3.63, 3.8) is 0 Å². The van der Waals surface area contributed by atoms with Gasteiger partial charge in [-0.05, 0) is 62.9 Å². The van der Waals surface area contributed by atoms with Gasteiger partial charge in [0.2, 0.25) is 0 Å². The number of benzene rings is 2. The molecule has 0 bridgehead atoms. The number of nitrogens with one attached hydrogen (secondary N) is 1. The van der Waals surface area contributed by atoms with E-state index in [2.05, 4.69) is 5.32 Å². The number of aryl methyl sites for hydroxylation is 3. The standard InChI is InChI=1S/C23H24N2O3/c1-13-10-14(2)20(15(3)11-13)25-22(27)18-9-8-16(12-19(18)23(25)28)21(26)24-17-6-4-5-7-17/h8-12,17H,4-7H2,1-3H3,(H,24,26). The summed E-state index contributed by atoms with van der Waals surface area (Å²) in [4.78, 5) is 39.9. The molecule has 28 heavy (non-hydrogen) atoms. The number of rotatable bonds is 3. The summed E-state index contributed by atoms with van der Waals surface area (Å²) < 4.78 is 0. The van der Waals surface area contributed by atoms with E-state index in [0.717, 1.165) is 42.4 Å². The molecule has 1 heterocycles. The Morgan fingerprint density at radius 3 is 2.18 bits per heavy atom. The van der Waals surface area contributed by atoms with Gasteiger partial charge in [0, 0.05) is 11.6 Å². The molecule has 5 nitrogen and oxygen atoms in total. The highest BCUT2D eigenvalue weighted by molar-refractivity contribution is 6.35. The van der Waals surface area contributed by atoms with Crippen LogP contribution in [0.5, 0.6) is 0 Å². The Kier molecular flexibility index (Phi) is 4.53. The molecular weight excluding hydrogens is 352 g/mol. The molecule has 2 aromatic rings. The molecule has 0 saturated heterocycles. The lowest BCUT2D eigenvalue weighted by Crippen LogP contribution is -2.32. The fourth-order valence-electron chi connectivity index (χ4n) is 4.45.